The number of hydrogen-bond donors (Lipinski definition) is 1. The molecular formula is C14H15N3. The second kappa shape index (κ2) is 3.44. The number of anilines is 1. The summed E-state index contributed by atoms with van der Waals surface area (Å²) in [6.45, 7) is 3.34. The summed E-state index contributed by atoms with van der Waals surface area (Å²) in [5, 5.41) is 4.60. The van der Waals surface area contributed by atoms with Crippen LogP contribution in [0.4, 0.5) is 5.82 Å². The zero-order valence-electron chi connectivity index (χ0n) is 9.69. The van der Waals surface area contributed by atoms with Crippen molar-refractivity contribution >= 4 is 16.7 Å². The molecule has 3 heteroatoms. The predicted molar refractivity (Wildman–Crippen MR) is 69.5 cm³/mol. The van der Waals surface area contributed by atoms with Gasteiger partial charge in [0.2, 0.25) is 0 Å². The highest BCUT2D eigenvalue weighted by molar-refractivity contribution is 5.82. The average Bonchev–Trinajstić information content (AvgIpc) is 2.67. The summed E-state index contributed by atoms with van der Waals surface area (Å²) in [7, 11) is 0. The van der Waals surface area contributed by atoms with Crippen molar-refractivity contribution in [3.05, 3.63) is 35.9 Å². The molecule has 1 aromatic heterocycles. The first-order valence-corrected chi connectivity index (χ1v) is 6.28. The summed E-state index contributed by atoms with van der Waals surface area (Å²) >= 11 is 0. The quantitative estimate of drug-likeness (QED) is 0.798. The highest BCUT2D eigenvalue weighted by Gasteiger charge is 2.31. The summed E-state index contributed by atoms with van der Waals surface area (Å²) in [5.74, 6) is 1.22. The maximum Gasteiger partial charge on any atom is 0.132 e. The fourth-order valence-corrected chi connectivity index (χ4v) is 2.78. The number of benzene rings is 1. The van der Waals surface area contributed by atoms with Gasteiger partial charge in [0.25, 0.3) is 0 Å². The lowest BCUT2D eigenvalue weighted by Gasteiger charge is -2.36. The predicted octanol–water partition coefficient (Wildman–Crippen LogP) is 1.57. The zero-order valence-corrected chi connectivity index (χ0v) is 9.69. The Bertz CT molecular complexity index is 575. The number of pyridine rings is 1. The molecule has 0 unspecified atom stereocenters. The van der Waals surface area contributed by atoms with E-state index in [0.29, 0.717) is 6.04 Å². The van der Waals surface area contributed by atoms with Crippen LogP contribution >= 0.6 is 0 Å². The molecule has 3 nitrogen and oxygen atoms in total. The van der Waals surface area contributed by atoms with Crippen molar-refractivity contribution in [2.24, 2.45) is 0 Å². The van der Waals surface area contributed by atoms with Gasteiger partial charge in [0.05, 0.1) is 11.6 Å². The number of para-hydroxylation sites is 1. The van der Waals surface area contributed by atoms with E-state index < -0.39 is 0 Å². The minimum Gasteiger partial charge on any atom is -0.350 e. The second-order valence-electron chi connectivity index (χ2n) is 4.92. The summed E-state index contributed by atoms with van der Waals surface area (Å²) in [6, 6.07) is 11.4. The lowest BCUT2D eigenvalue weighted by Crippen LogP contribution is -2.57. The maximum atomic E-state index is 4.84. The van der Waals surface area contributed by atoms with Gasteiger partial charge in [-0.25, -0.2) is 4.98 Å². The van der Waals surface area contributed by atoms with Crippen molar-refractivity contribution in [2.75, 3.05) is 24.5 Å². The van der Waals surface area contributed by atoms with Crippen molar-refractivity contribution in [1.29, 1.82) is 0 Å². The Balaban J connectivity index is 1.84. The molecule has 1 saturated heterocycles. The van der Waals surface area contributed by atoms with Gasteiger partial charge in [-0.15, -0.1) is 0 Å². The highest BCUT2D eigenvalue weighted by Crippen LogP contribution is 2.31. The van der Waals surface area contributed by atoms with Crippen molar-refractivity contribution in [3.8, 4) is 0 Å². The monoisotopic (exact) mass is 225 g/mol. The van der Waals surface area contributed by atoms with Crippen LogP contribution in [0.1, 0.15) is 5.56 Å². The van der Waals surface area contributed by atoms with Crippen LogP contribution in [0.3, 0.4) is 0 Å². The van der Waals surface area contributed by atoms with Gasteiger partial charge in [0.1, 0.15) is 5.82 Å². The lowest BCUT2D eigenvalue weighted by atomic mass is 10.1. The first-order valence-electron chi connectivity index (χ1n) is 6.28. The van der Waals surface area contributed by atoms with Gasteiger partial charge in [0.15, 0.2) is 0 Å². The number of hydrogen-bond acceptors (Lipinski definition) is 3. The zero-order chi connectivity index (χ0) is 11.2. The third-order valence-corrected chi connectivity index (χ3v) is 3.87. The van der Waals surface area contributed by atoms with Crippen LogP contribution in [0.15, 0.2) is 30.3 Å². The van der Waals surface area contributed by atoms with Crippen molar-refractivity contribution in [1.82, 2.24) is 10.3 Å². The summed E-state index contributed by atoms with van der Waals surface area (Å²) in [4.78, 5) is 7.31. The largest absolute Gasteiger partial charge is 0.350 e. The molecule has 0 spiro atoms. The Labute approximate surface area is 100 Å². The molecule has 17 heavy (non-hydrogen) atoms. The van der Waals surface area contributed by atoms with Gasteiger partial charge < -0.3 is 10.2 Å². The third-order valence-electron chi connectivity index (χ3n) is 3.87. The summed E-state index contributed by atoms with van der Waals surface area (Å²) < 4.78 is 0. The molecule has 0 aliphatic carbocycles. The first-order chi connectivity index (χ1) is 8.42. The molecule has 1 N–H and O–H groups in total. The highest BCUT2D eigenvalue weighted by atomic mass is 15.3. The minimum atomic E-state index is 0.657. The van der Waals surface area contributed by atoms with Crippen LogP contribution in [0.5, 0.6) is 0 Å². The van der Waals surface area contributed by atoms with E-state index in [9.17, 15) is 0 Å². The Morgan fingerprint density at radius 3 is 2.94 bits per heavy atom. The SMILES string of the molecule is c1ccc2nc3c(cc2c1)CCN3C1CNC1. The number of rotatable bonds is 1. The van der Waals surface area contributed by atoms with Crippen LogP contribution in [-0.4, -0.2) is 30.7 Å². The molecule has 86 valence electrons. The molecule has 0 radical (unpaired) electrons. The molecular weight excluding hydrogens is 210 g/mol. The smallest absolute Gasteiger partial charge is 0.132 e. The third kappa shape index (κ3) is 1.35. The lowest BCUT2D eigenvalue weighted by molar-refractivity contribution is 0.418. The van der Waals surface area contributed by atoms with Gasteiger partial charge in [-0.3, -0.25) is 0 Å². The van der Waals surface area contributed by atoms with Gasteiger partial charge in [-0.05, 0) is 24.1 Å². The van der Waals surface area contributed by atoms with Crippen LogP contribution in [0.2, 0.25) is 0 Å². The normalized spacial score (nSPS) is 19.4. The summed E-state index contributed by atoms with van der Waals surface area (Å²) in [5.41, 5.74) is 2.53. The van der Waals surface area contributed by atoms with Gasteiger partial charge in [-0.2, -0.15) is 0 Å². The molecule has 2 aliphatic rings. The molecule has 0 saturated carbocycles. The molecule has 2 aromatic rings. The van der Waals surface area contributed by atoms with E-state index in [1.54, 1.807) is 0 Å². The fraction of sp³-hybridized carbons (Fsp3) is 0.357. The van der Waals surface area contributed by atoms with Crippen LogP contribution in [0, 0.1) is 0 Å². The summed E-state index contributed by atoms with van der Waals surface area (Å²) in [6.07, 6.45) is 1.14. The van der Waals surface area contributed by atoms with Crippen LogP contribution in [0.25, 0.3) is 10.9 Å². The van der Waals surface area contributed by atoms with Crippen molar-refractivity contribution < 1.29 is 0 Å². The van der Waals surface area contributed by atoms with E-state index >= 15 is 0 Å². The van der Waals surface area contributed by atoms with Gasteiger partial charge in [0, 0.05) is 25.0 Å². The standard InChI is InChI=1S/C14H15N3/c1-2-4-13-10(3-1)7-11-5-6-17(14(11)16-13)12-8-15-9-12/h1-4,7,12,15H,5-6,8-9H2. The first kappa shape index (κ1) is 9.42. The number of nitrogens with zero attached hydrogens (tertiary/aromatic N) is 2. The van der Waals surface area contributed by atoms with Gasteiger partial charge >= 0.3 is 0 Å². The van der Waals surface area contributed by atoms with Gasteiger partial charge in [-0.1, -0.05) is 18.2 Å². The van der Waals surface area contributed by atoms with Crippen molar-refractivity contribution in [2.45, 2.75) is 12.5 Å². The molecule has 1 fully saturated rings. The van der Waals surface area contributed by atoms with E-state index in [-0.39, 0.29) is 0 Å². The Kier molecular flexibility index (Phi) is 1.91. The molecule has 4 rings (SSSR count). The topological polar surface area (TPSA) is 28.2 Å². The van der Waals surface area contributed by atoms with E-state index in [4.69, 9.17) is 4.98 Å². The van der Waals surface area contributed by atoms with Crippen LogP contribution < -0.4 is 10.2 Å². The number of fused-ring (bicyclic) bond motifs is 2. The number of aromatic nitrogens is 1. The molecule has 1 aromatic carbocycles. The van der Waals surface area contributed by atoms with E-state index in [1.807, 2.05) is 0 Å². The number of nitrogens with one attached hydrogen (secondary N) is 1. The van der Waals surface area contributed by atoms with Crippen molar-refractivity contribution in [3.63, 3.8) is 0 Å². The molecule has 0 bridgehead atoms. The van der Waals surface area contributed by atoms with E-state index in [2.05, 4.69) is 40.5 Å². The average molecular weight is 225 g/mol. The Morgan fingerprint density at radius 1 is 1.24 bits per heavy atom. The molecule has 2 aliphatic heterocycles. The molecule has 3 heterocycles. The fourth-order valence-electron chi connectivity index (χ4n) is 2.78. The van der Waals surface area contributed by atoms with Crippen LogP contribution in [-0.2, 0) is 6.42 Å². The second-order valence-corrected chi connectivity index (χ2v) is 4.92. The maximum absolute atomic E-state index is 4.84. The van der Waals surface area contributed by atoms with E-state index in [0.717, 1.165) is 31.6 Å². The minimum absolute atomic E-state index is 0.657. The Morgan fingerprint density at radius 2 is 2.12 bits per heavy atom. The molecule has 0 atom stereocenters. The Hall–Kier alpha value is -1.61. The van der Waals surface area contributed by atoms with E-state index in [1.165, 1.54) is 16.8 Å². The molecule has 0 amide bonds.